The highest BCUT2D eigenvalue weighted by atomic mass is 32.1. The normalized spacial score (nSPS) is 11.4. The monoisotopic (exact) mass is 1820 g/mol. The minimum Gasteiger partial charge on any atom is -0.508 e. The van der Waals surface area contributed by atoms with Crippen LogP contribution >= 0.6 is 45.3 Å². The summed E-state index contributed by atoms with van der Waals surface area (Å²) in [5, 5.41) is 108. The van der Waals surface area contributed by atoms with Gasteiger partial charge in [0.15, 0.2) is 40.5 Å². The summed E-state index contributed by atoms with van der Waals surface area (Å²) in [7, 11) is 5.34. The molecule has 0 saturated heterocycles. The molecule has 0 saturated carbocycles. The van der Waals surface area contributed by atoms with E-state index in [0.717, 1.165) is 123 Å². The number of thiophene rings is 4. The largest absolute Gasteiger partial charge is 0.508 e. The van der Waals surface area contributed by atoms with E-state index in [9.17, 15) is 39.4 Å². The molecule has 20 aromatic rings. The molecular formula is C99H77F2N16O10S4+. The minimum atomic E-state index is -0.296. The molecule has 0 bridgehead atoms. The number of aryl methyl sites for hydroxylation is 5. The maximum atomic E-state index is 13.7. The SMILES string of the molecule is CCCn1nnnc1/C=C/c1ccc(Oc2c(-c3ccc(F)cc3C)sc3cc(O)ccc23)cc1.C[n+]1nc(/C=C/c2ccc(Oc3c(-c4ccc(O)cc4)sc4cc(O)ccc34)cc2)n[nH]1.Cn1nnnc1/C=C/c1ccc(Oc2c(-c3ccc(F)cc3)sc3cc(O)ccc23)cc1.Cn1nnnc1/C=C/c1ccc(Oc2c(-c3ccc(O)cc3)sc3cc(O)ccc23)cc1. The summed E-state index contributed by atoms with van der Waals surface area (Å²) in [5.74, 6) is 8.75. The smallest absolute Gasteiger partial charge is 0.331 e. The van der Waals surface area contributed by atoms with E-state index in [1.807, 2.05) is 201 Å². The van der Waals surface area contributed by atoms with E-state index in [-0.39, 0.29) is 46.1 Å². The summed E-state index contributed by atoms with van der Waals surface area (Å²) in [6.45, 7) is 4.72. The zero-order chi connectivity index (χ0) is 90.6. The van der Waals surface area contributed by atoms with Crippen molar-refractivity contribution in [3.8, 4) is 122 Å². The first kappa shape index (κ1) is 86.7. The number of tetrazole rings is 4. The Bertz CT molecular complexity index is 7360. The number of nitrogens with zero attached hydrogens (tertiary/aromatic N) is 15. The summed E-state index contributed by atoms with van der Waals surface area (Å²) >= 11 is 6.05. The zero-order valence-electron chi connectivity index (χ0n) is 70.3. The van der Waals surface area contributed by atoms with E-state index in [1.165, 1.54) is 74.4 Å². The molecule has 7 N–H and O–H groups in total. The van der Waals surface area contributed by atoms with Gasteiger partial charge in [-0.3, -0.25) is 0 Å². The number of benzene rings is 12. The molecule has 0 fully saturated rings. The molecule has 0 aliphatic heterocycles. The Hall–Kier alpha value is -16.4. The Morgan fingerprint density at radius 2 is 0.695 bits per heavy atom. The van der Waals surface area contributed by atoms with Gasteiger partial charge in [0.1, 0.15) is 76.2 Å². The molecule has 650 valence electrons. The Balaban J connectivity index is 0.000000122. The first-order chi connectivity index (χ1) is 63.7. The van der Waals surface area contributed by atoms with Crippen LogP contribution in [0.3, 0.4) is 0 Å². The first-order valence-corrected chi connectivity index (χ1v) is 43.9. The lowest BCUT2D eigenvalue weighted by molar-refractivity contribution is -0.784. The predicted octanol–water partition coefficient (Wildman–Crippen LogP) is 23.3. The van der Waals surface area contributed by atoms with E-state index >= 15 is 0 Å². The van der Waals surface area contributed by atoms with Gasteiger partial charge in [0, 0.05) is 67.1 Å². The third-order valence-corrected chi connectivity index (χ3v) is 25.0. The van der Waals surface area contributed by atoms with E-state index in [2.05, 4.69) is 68.9 Å². The van der Waals surface area contributed by atoms with Crippen LogP contribution in [0, 0.1) is 18.6 Å². The molecular weight excluding hydrogens is 1740 g/mol. The number of nitrogens with one attached hydrogen (secondary N) is 1. The Kier molecular flexibility index (Phi) is 26.0. The Labute approximate surface area is 762 Å². The average Bonchev–Trinajstić information content (AvgIpc) is 1.64. The fourth-order valence-corrected chi connectivity index (χ4v) is 18.5. The summed E-state index contributed by atoms with van der Waals surface area (Å²) < 4.78 is 61.0. The first-order valence-electron chi connectivity index (χ1n) is 40.7. The molecule has 0 spiro atoms. The molecule has 131 heavy (non-hydrogen) atoms. The molecule has 12 aromatic carbocycles. The number of fused-ring (bicyclic) bond motifs is 4. The predicted molar refractivity (Wildman–Crippen MR) is 509 cm³/mol. The number of rotatable bonds is 22. The number of halogens is 2. The third-order valence-electron chi connectivity index (χ3n) is 20.3. The van der Waals surface area contributed by atoms with Gasteiger partial charge in [-0.15, -0.1) is 60.6 Å². The van der Waals surface area contributed by atoms with Crippen LogP contribution in [-0.4, -0.2) is 107 Å². The van der Waals surface area contributed by atoms with Crippen LogP contribution in [0.5, 0.6) is 80.5 Å². The van der Waals surface area contributed by atoms with E-state index < -0.39 is 0 Å². The molecule has 8 heterocycles. The number of hydrogen-bond donors (Lipinski definition) is 7. The number of aromatic amines is 1. The standard InChI is InChI=1S/C27H23FN4O2S.C24H17FN4O2S.2C24H18N4O3S/c1-3-14-32-25(29-30-31-32)13-6-18-4-9-21(10-5-18)34-26-23-12-8-20(33)16-24(23)35-27(26)22-11-7-19(28)15-17(22)2;1-29-22(26-27-28-29)13-4-15-2-10-19(11-3-15)31-23-20-12-9-18(30)14-21(20)32-24(23)16-5-7-17(25)8-6-16;1-28-22(25-26-27-28)13-4-15-2-10-19(11-3-15)31-23-20-12-9-18(30)14-21(20)32-24(23)16-5-7-17(29)8-6-16;1-28-26-22(25-27-28)13-4-15-2-10-19(11-3-15)31-23-20-12-9-18(30)14-21(20)32-24(23)16-5-7-17(29)8-6-16/h4-13,15-16,33H,3,14H2,1-2H3;2-14,30H,1H3;2-14,29-30H,1H3;2-14H,1H3,(H2,25,26,27,29,30)/p+1/b13-6+;3*13-4+. The molecule has 0 amide bonds. The number of H-pyrrole nitrogens is 1. The van der Waals surface area contributed by atoms with Gasteiger partial charge >= 0.3 is 5.82 Å². The van der Waals surface area contributed by atoms with E-state index in [0.29, 0.717) is 69.3 Å². The van der Waals surface area contributed by atoms with Crippen LogP contribution < -0.4 is 23.7 Å². The van der Waals surface area contributed by atoms with Gasteiger partial charge in [0.25, 0.3) is 0 Å². The number of phenolic OH excluding ortho intramolecular Hbond substituents is 6. The molecule has 8 aromatic heterocycles. The van der Waals surface area contributed by atoms with E-state index in [1.54, 1.807) is 126 Å². The Morgan fingerprint density at radius 3 is 1.05 bits per heavy atom. The molecule has 20 rings (SSSR count). The van der Waals surface area contributed by atoms with Crippen molar-refractivity contribution in [1.29, 1.82) is 0 Å². The zero-order valence-corrected chi connectivity index (χ0v) is 73.5. The quantitative estimate of drug-likeness (QED) is 0.0310. The van der Waals surface area contributed by atoms with Crippen molar-refractivity contribution >= 4 is 134 Å². The molecule has 0 atom stereocenters. The van der Waals surface area contributed by atoms with Crippen LogP contribution in [0.2, 0.25) is 0 Å². The summed E-state index contributed by atoms with van der Waals surface area (Å²) in [6, 6.07) is 76.7. The molecule has 0 aliphatic carbocycles. The van der Waals surface area contributed by atoms with Crippen LogP contribution in [-0.2, 0) is 27.7 Å². The number of aromatic hydroxyl groups is 6. The lowest BCUT2D eigenvalue weighted by atomic mass is 10.1. The molecule has 26 nitrogen and oxygen atoms in total. The van der Waals surface area contributed by atoms with Crippen molar-refractivity contribution in [2.75, 3.05) is 0 Å². The second-order valence-corrected chi connectivity index (χ2v) is 33.8. The second kappa shape index (κ2) is 39.2. The Morgan fingerprint density at radius 1 is 0.366 bits per heavy atom. The van der Waals surface area contributed by atoms with Crippen molar-refractivity contribution in [2.45, 2.75) is 26.8 Å². The number of ether oxygens (including phenoxy) is 4. The fraction of sp³-hybridized carbons (Fsp3) is 0.0707. The van der Waals surface area contributed by atoms with Crippen molar-refractivity contribution < 1.29 is 63.2 Å². The number of phenols is 6. The molecule has 0 aliphatic rings. The topological polar surface area (TPSA) is 335 Å². The van der Waals surface area contributed by atoms with Crippen molar-refractivity contribution in [3.63, 3.8) is 0 Å². The van der Waals surface area contributed by atoms with Gasteiger partial charge in [-0.1, -0.05) is 96.7 Å². The van der Waals surface area contributed by atoms with Gasteiger partial charge in [0.2, 0.25) is 0 Å². The maximum Gasteiger partial charge on any atom is 0.331 e. The molecule has 0 unspecified atom stereocenters. The minimum absolute atomic E-state index is 0.185. The van der Waals surface area contributed by atoms with Crippen LogP contribution in [0.4, 0.5) is 8.78 Å². The van der Waals surface area contributed by atoms with Gasteiger partial charge in [-0.05, 0) is 323 Å². The van der Waals surface area contributed by atoms with Gasteiger partial charge in [-0.25, -0.2) is 22.8 Å². The second-order valence-electron chi connectivity index (χ2n) is 29.6. The number of aromatic nitrogens is 16. The fourth-order valence-electron chi connectivity index (χ4n) is 13.7. The van der Waals surface area contributed by atoms with Gasteiger partial charge < -0.3 is 49.6 Å². The lowest BCUT2D eigenvalue weighted by Gasteiger charge is -2.10. The highest BCUT2D eigenvalue weighted by Gasteiger charge is 2.24. The summed E-state index contributed by atoms with van der Waals surface area (Å²) in [5.41, 5.74) is 8.34. The number of hydrogen-bond acceptors (Lipinski definition) is 25. The summed E-state index contributed by atoms with van der Waals surface area (Å²) in [6.07, 6.45) is 16.1. The summed E-state index contributed by atoms with van der Waals surface area (Å²) in [4.78, 5) is 5.13. The molecule has 0 radical (unpaired) electrons. The highest BCUT2D eigenvalue weighted by Crippen LogP contribution is 2.52. The maximum absolute atomic E-state index is 13.7. The lowest BCUT2D eigenvalue weighted by Crippen LogP contribution is -2.33. The van der Waals surface area contributed by atoms with Crippen LogP contribution in [0.25, 0.3) is 131 Å². The highest BCUT2D eigenvalue weighted by molar-refractivity contribution is 7.24. The molecule has 32 heteroatoms. The van der Waals surface area contributed by atoms with Gasteiger partial charge in [0.05, 0.1) is 24.6 Å². The van der Waals surface area contributed by atoms with Crippen molar-refractivity contribution in [1.82, 2.24) is 76.0 Å². The van der Waals surface area contributed by atoms with Crippen molar-refractivity contribution in [3.05, 3.63) is 324 Å². The average molecular weight is 1820 g/mol. The van der Waals surface area contributed by atoms with Gasteiger partial charge in [-0.2, -0.15) is 0 Å². The van der Waals surface area contributed by atoms with E-state index in [4.69, 9.17) is 18.9 Å². The van der Waals surface area contributed by atoms with Crippen LogP contribution in [0.1, 0.15) is 64.5 Å². The van der Waals surface area contributed by atoms with Crippen LogP contribution in [0.15, 0.2) is 261 Å². The van der Waals surface area contributed by atoms with Crippen molar-refractivity contribution in [2.24, 2.45) is 21.1 Å². The third kappa shape index (κ3) is 20.8.